The van der Waals surface area contributed by atoms with Gasteiger partial charge < -0.3 is 16.2 Å². The van der Waals surface area contributed by atoms with Gasteiger partial charge in [0, 0.05) is 16.9 Å². The number of benzene rings is 1. The zero-order valence-electron chi connectivity index (χ0n) is 14.4. The standard InChI is InChI=1S/C18H23ClN4O2/c1-11-9-18(2,25)8-7-15(11)23-10-14(16(20)24)17(22-23)21-13-5-3-12(19)4-6-13/h3-6,10-11,15,25H,7-9H2,1-2H3,(H2,20,24)(H,21,22)/t11-,15-,18+/m0/s1. The van der Waals surface area contributed by atoms with E-state index in [0.29, 0.717) is 29.2 Å². The van der Waals surface area contributed by atoms with Crippen LogP contribution in [0.2, 0.25) is 5.02 Å². The first-order chi connectivity index (χ1) is 11.7. The van der Waals surface area contributed by atoms with Gasteiger partial charge in [0.2, 0.25) is 0 Å². The molecule has 1 fully saturated rings. The number of hydrogen-bond donors (Lipinski definition) is 3. The number of primary amides is 1. The van der Waals surface area contributed by atoms with Gasteiger partial charge in [-0.1, -0.05) is 18.5 Å². The smallest absolute Gasteiger partial charge is 0.254 e. The second-order valence-corrected chi connectivity index (χ2v) is 7.59. The van der Waals surface area contributed by atoms with Gasteiger partial charge >= 0.3 is 0 Å². The maximum Gasteiger partial charge on any atom is 0.254 e. The van der Waals surface area contributed by atoms with Crippen LogP contribution in [0.3, 0.4) is 0 Å². The van der Waals surface area contributed by atoms with E-state index in [1.54, 1.807) is 23.0 Å². The van der Waals surface area contributed by atoms with Crippen molar-refractivity contribution in [3.63, 3.8) is 0 Å². The fourth-order valence-electron chi connectivity index (χ4n) is 3.57. The molecule has 0 aliphatic heterocycles. The molecule has 4 N–H and O–H groups in total. The van der Waals surface area contributed by atoms with E-state index in [1.165, 1.54) is 0 Å². The van der Waals surface area contributed by atoms with Gasteiger partial charge in [-0.15, -0.1) is 0 Å². The van der Waals surface area contributed by atoms with E-state index in [1.807, 2.05) is 19.1 Å². The lowest BCUT2D eigenvalue weighted by molar-refractivity contribution is -0.0146. The van der Waals surface area contributed by atoms with E-state index in [4.69, 9.17) is 17.3 Å². The second-order valence-electron chi connectivity index (χ2n) is 7.15. The highest BCUT2D eigenvalue weighted by Crippen LogP contribution is 2.39. The molecule has 1 amide bonds. The molecule has 25 heavy (non-hydrogen) atoms. The molecule has 0 unspecified atom stereocenters. The minimum absolute atomic E-state index is 0.124. The molecule has 7 heteroatoms. The minimum atomic E-state index is -0.639. The SMILES string of the molecule is C[C@H]1C[C@](C)(O)CC[C@@H]1n1cc(C(N)=O)c(Nc2ccc(Cl)cc2)n1. The molecule has 3 rings (SSSR count). The number of aromatic nitrogens is 2. The van der Waals surface area contributed by atoms with Crippen LogP contribution in [-0.2, 0) is 0 Å². The Balaban J connectivity index is 1.87. The summed E-state index contributed by atoms with van der Waals surface area (Å²) in [5, 5.41) is 18.6. The molecule has 0 spiro atoms. The fourth-order valence-corrected chi connectivity index (χ4v) is 3.70. The molecule has 0 bridgehead atoms. The predicted molar refractivity (Wildman–Crippen MR) is 98.2 cm³/mol. The Labute approximate surface area is 152 Å². The van der Waals surface area contributed by atoms with Crippen LogP contribution in [0.4, 0.5) is 11.5 Å². The Morgan fingerprint density at radius 2 is 2.12 bits per heavy atom. The van der Waals surface area contributed by atoms with Gasteiger partial charge in [-0.25, -0.2) is 0 Å². The highest BCUT2D eigenvalue weighted by Gasteiger charge is 2.35. The normalized spacial score (nSPS) is 26.4. The molecular formula is C18H23ClN4O2. The van der Waals surface area contributed by atoms with E-state index in [-0.39, 0.29) is 12.0 Å². The number of hydrogen-bond acceptors (Lipinski definition) is 4. The van der Waals surface area contributed by atoms with E-state index in [9.17, 15) is 9.90 Å². The third kappa shape index (κ3) is 3.96. The molecule has 2 aromatic rings. The molecule has 1 heterocycles. The second kappa shape index (κ2) is 6.69. The van der Waals surface area contributed by atoms with Crippen molar-refractivity contribution >= 4 is 29.0 Å². The van der Waals surface area contributed by atoms with Crippen molar-refractivity contribution in [3.05, 3.63) is 41.0 Å². The van der Waals surface area contributed by atoms with Crippen LogP contribution in [0.25, 0.3) is 0 Å². The van der Waals surface area contributed by atoms with Crippen LogP contribution < -0.4 is 11.1 Å². The monoisotopic (exact) mass is 362 g/mol. The van der Waals surface area contributed by atoms with Crippen LogP contribution in [0.1, 0.15) is 49.5 Å². The van der Waals surface area contributed by atoms with Gasteiger partial charge in [-0.2, -0.15) is 5.10 Å². The average Bonchev–Trinajstić information content (AvgIpc) is 2.92. The van der Waals surface area contributed by atoms with Gasteiger partial charge in [0.25, 0.3) is 5.91 Å². The van der Waals surface area contributed by atoms with Crippen molar-refractivity contribution in [1.29, 1.82) is 0 Å². The number of rotatable bonds is 4. The van der Waals surface area contributed by atoms with Gasteiger partial charge in [-0.3, -0.25) is 9.48 Å². The minimum Gasteiger partial charge on any atom is -0.390 e. The quantitative estimate of drug-likeness (QED) is 0.776. The number of carbonyl (C=O) groups is 1. The summed E-state index contributed by atoms with van der Waals surface area (Å²) in [4.78, 5) is 11.8. The summed E-state index contributed by atoms with van der Waals surface area (Å²) in [6.07, 6.45) is 3.90. The Kier molecular flexibility index (Phi) is 4.75. The molecule has 0 radical (unpaired) electrons. The van der Waals surface area contributed by atoms with E-state index in [2.05, 4.69) is 17.3 Å². The van der Waals surface area contributed by atoms with Crippen molar-refractivity contribution in [2.45, 2.75) is 44.8 Å². The van der Waals surface area contributed by atoms with Crippen LogP contribution in [0.5, 0.6) is 0 Å². The van der Waals surface area contributed by atoms with Gasteiger partial charge in [0.1, 0.15) is 5.56 Å². The highest BCUT2D eigenvalue weighted by atomic mass is 35.5. The molecule has 3 atom stereocenters. The van der Waals surface area contributed by atoms with Gasteiger partial charge in [-0.05, 0) is 56.4 Å². The molecule has 1 aromatic carbocycles. The number of nitrogens with two attached hydrogens (primary N) is 1. The molecular weight excluding hydrogens is 340 g/mol. The molecule has 1 aliphatic rings. The van der Waals surface area contributed by atoms with E-state index < -0.39 is 11.5 Å². The summed E-state index contributed by atoms with van der Waals surface area (Å²) in [6, 6.07) is 7.27. The lowest BCUT2D eigenvalue weighted by Gasteiger charge is -2.38. The summed E-state index contributed by atoms with van der Waals surface area (Å²) in [6.45, 7) is 3.96. The summed E-state index contributed by atoms with van der Waals surface area (Å²) in [5.74, 6) is 0.144. The molecule has 1 aromatic heterocycles. The first-order valence-electron chi connectivity index (χ1n) is 8.39. The van der Waals surface area contributed by atoms with Gasteiger partial charge in [0.05, 0.1) is 11.6 Å². The summed E-state index contributed by atoms with van der Waals surface area (Å²) >= 11 is 5.90. The molecule has 1 aliphatic carbocycles. The maximum absolute atomic E-state index is 11.8. The first-order valence-corrected chi connectivity index (χ1v) is 8.77. The van der Waals surface area contributed by atoms with Gasteiger partial charge in [0.15, 0.2) is 5.82 Å². The third-order valence-corrected chi connectivity index (χ3v) is 5.09. The Hall–Kier alpha value is -2.05. The van der Waals surface area contributed by atoms with E-state index in [0.717, 1.165) is 12.1 Å². The fraction of sp³-hybridized carbons (Fsp3) is 0.444. The highest BCUT2D eigenvalue weighted by molar-refractivity contribution is 6.30. The van der Waals surface area contributed by atoms with Crippen LogP contribution in [-0.4, -0.2) is 26.4 Å². The predicted octanol–water partition coefficient (Wildman–Crippen LogP) is 3.49. The van der Waals surface area contributed by atoms with E-state index >= 15 is 0 Å². The Morgan fingerprint density at radius 3 is 2.72 bits per heavy atom. The summed E-state index contributed by atoms with van der Waals surface area (Å²) < 4.78 is 1.80. The number of carbonyl (C=O) groups excluding carboxylic acids is 1. The maximum atomic E-state index is 11.8. The number of nitrogens with one attached hydrogen (secondary N) is 1. The van der Waals surface area contributed by atoms with Crippen LogP contribution in [0.15, 0.2) is 30.5 Å². The molecule has 134 valence electrons. The molecule has 6 nitrogen and oxygen atoms in total. The molecule has 1 saturated carbocycles. The number of halogens is 1. The topological polar surface area (TPSA) is 93.2 Å². The summed E-state index contributed by atoms with van der Waals surface area (Å²) in [7, 11) is 0. The van der Waals surface area contributed by atoms with Crippen molar-refractivity contribution in [2.75, 3.05) is 5.32 Å². The Morgan fingerprint density at radius 1 is 1.44 bits per heavy atom. The van der Waals surface area contributed by atoms with Crippen molar-refractivity contribution in [2.24, 2.45) is 11.7 Å². The number of amides is 1. The van der Waals surface area contributed by atoms with Crippen molar-refractivity contribution < 1.29 is 9.90 Å². The number of nitrogens with zero attached hydrogens (tertiary/aromatic N) is 2. The van der Waals surface area contributed by atoms with Crippen molar-refractivity contribution in [1.82, 2.24) is 9.78 Å². The number of aliphatic hydroxyl groups is 1. The first kappa shape index (κ1) is 17.8. The van der Waals surface area contributed by atoms with Crippen molar-refractivity contribution in [3.8, 4) is 0 Å². The summed E-state index contributed by atoms with van der Waals surface area (Å²) in [5.41, 5.74) is 6.00. The third-order valence-electron chi connectivity index (χ3n) is 4.84. The molecule has 0 saturated heterocycles. The zero-order chi connectivity index (χ0) is 18.2. The Bertz CT molecular complexity index is 770. The zero-order valence-corrected chi connectivity index (χ0v) is 15.1. The number of anilines is 2. The lowest BCUT2D eigenvalue weighted by Crippen LogP contribution is -2.36. The average molecular weight is 363 g/mol. The van der Waals surface area contributed by atoms with Crippen LogP contribution in [0, 0.1) is 5.92 Å². The largest absolute Gasteiger partial charge is 0.390 e. The lowest BCUT2D eigenvalue weighted by atomic mass is 9.77. The van der Waals surface area contributed by atoms with Crippen LogP contribution >= 0.6 is 11.6 Å².